The third-order valence-electron chi connectivity index (χ3n) is 3.93. The molecule has 3 aromatic rings. The van der Waals surface area contributed by atoms with Crippen molar-refractivity contribution < 1.29 is 31.6 Å². The highest BCUT2D eigenvalue weighted by molar-refractivity contribution is 7.92. The van der Waals surface area contributed by atoms with Crippen molar-refractivity contribution >= 4 is 39.2 Å². The minimum atomic E-state index is -4.18. The van der Waals surface area contributed by atoms with Crippen molar-refractivity contribution in [2.24, 2.45) is 0 Å². The molecule has 162 valence electrons. The van der Waals surface area contributed by atoms with Crippen LogP contribution in [-0.2, 0) is 26.1 Å². The van der Waals surface area contributed by atoms with Crippen LogP contribution in [0.2, 0.25) is 5.02 Å². The third kappa shape index (κ3) is 6.06. The van der Waals surface area contributed by atoms with Gasteiger partial charge in [-0.3, -0.25) is 9.52 Å². The Hall–Kier alpha value is -3.37. The highest BCUT2D eigenvalue weighted by Crippen LogP contribution is 2.25. The number of sulfonamides is 1. The van der Waals surface area contributed by atoms with Crippen molar-refractivity contribution in [1.29, 1.82) is 0 Å². The van der Waals surface area contributed by atoms with E-state index in [0.717, 1.165) is 18.2 Å². The molecule has 31 heavy (non-hydrogen) atoms. The average molecular weight is 467 g/mol. The molecule has 11 heteroatoms. The van der Waals surface area contributed by atoms with Gasteiger partial charge in [0.1, 0.15) is 16.5 Å². The molecule has 2 aromatic carbocycles. The lowest BCUT2D eigenvalue weighted by Crippen LogP contribution is -2.28. The van der Waals surface area contributed by atoms with Gasteiger partial charge >= 0.3 is 5.97 Å². The summed E-state index contributed by atoms with van der Waals surface area (Å²) in [6.45, 7) is -0.445. The Morgan fingerprint density at radius 3 is 2.52 bits per heavy atom. The summed E-state index contributed by atoms with van der Waals surface area (Å²) in [6, 6.07) is 11.5. The Morgan fingerprint density at radius 2 is 1.84 bits per heavy atom. The first-order chi connectivity index (χ1) is 14.7. The van der Waals surface area contributed by atoms with E-state index in [1.165, 1.54) is 30.5 Å². The summed E-state index contributed by atoms with van der Waals surface area (Å²) in [5.74, 6) is -1.48. The third-order valence-corrected chi connectivity index (χ3v) is 5.79. The molecule has 0 aliphatic rings. The number of carbonyl (C=O) groups is 2. The summed E-state index contributed by atoms with van der Waals surface area (Å²) in [7, 11) is -4.18. The van der Waals surface area contributed by atoms with Crippen LogP contribution in [0.5, 0.6) is 0 Å². The van der Waals surface area contributed by atoms with Crippen LogP contribution in [0, 0.1) is 5.82 Å². The number of amides is 1. The molecular formula is C20H16ClFN2O6S. The summed E-state index contributed by atoms with van der Waals surface area (Å²) < 4.78 is 50.5. The molecule has 1 aromatic heterocycles. The maximum absolute atomic E-state index is 13.0. The number of anilines is 1. The minimum absolute atomic E-state index is 0.110. The van der Waals surface area contributed by atoms with Crippen molar-refractivity contribution in [3.8, 4) is 0 Å². The molecule has 0 aliphatic carbocycles. The monoisotopic (exact) mass is 466 g/mol. The lowest BCUT2D eigenvalue weighted by atomic mass is 10.2. The van der Waals surface area contributed by atoms with E-state index in [9.17, 15) is 22.4 Å². The zero-order chi connectivity index (χ0) is 22.4. The summed E-state index contributed by atoms with van der Waals surface area (Å²) in [5.41, 5.74) is -0.0126. The zero-order valence-corrected chi connectivity index (χ0v) is 17.4. The molecule has 1 amide bonds. The van der Waals surface area contributed by atoms with Crippen molar-refractivity contribution in [3.05, 3.63) is 83.0 Å². The zero-order valence-electron chi connectivity index (χ0n) is 15.8. The average Bonchev–Trinajstić information content (AvgIpc) is 3.26. The number of hydrogen-bond acceptors (Lipinski definition) is 6. The number of rotatable bonds is 8. The van der Waals surface area contributed by atoms with E-state index >= 15 is 0 Å². The maximum Gasteiger partial charge on any atom is 0.338 e. The summed E-state index contributed by atoms with van der Waals surface area (Å²) in [6.07, 6.45) is 1.46. The van der Waals surface area contributed by atoms with Gasteiger partial charge in [0.2, 0.25) is 0 Å². The lowest BCUT2D eigenvalue weighted by Gasteiger charge is -2.11. The van der Waals surface area contributed by atoms with Crippen molar-refractivity contribution in [1.82, 2.24) is 5.32 Å². The van der Waals surface area contributed by atoms with E-state index in [1.807, 2.05) is 0 Å². The number of esters is 1. The van der Waals surface area contributed by atoms with Gasteiger partial charge in [-0.15, -0.1) is 0 Å². The molecule has 0 saturated carbocycles. The molecule has 8 nitrogen and oxygen atoms in total. The van der Waals surface area contributed by atoms with E-state index < -0.39 is 34.3 Å². The fourth-order valence-corrected chi connectivity index (χ4v) is 4.01. The lowest BCUT2D eigenvalue weighted by molar-refractivity contribution is -0.124. The van der Waals surface area contributed by atoms with E-state index in [1.54, 1.807) is 12.1 Å². The molecule has 0 unspecified atom stereocenters. The molecule has 0 aliphatic heterocycles. The molecule has 0 saturated heterocycles. The summed E-state index contributed by atoms with van der Waals surface area (Å²) >= 11 is 5.99. The number of carbonyl (C=O) groups excluding carboxylic acids is 2. The highest BCUT2D eigenvalue weighted by atomic mass is 35.5. The van der Waals surface area contributed by atoms with Crippen LogP contribution >= 0.6 is 11.6 Å². The van der Waals surface area contributed by atoms with Crippen LogP contribution in [-0.4, -0.2) is 26.9 Å². The molecule has 0 bridgehead atoms. The van der Waals surface area contributed by atoms with E-state index in [0.29, 0.717) is 5.76 Å². The van der Waals surface area contributed by atoms with Crippen LogP contribution in [0.4, 0.5) is 10.1 Å². The Kier molecular flexibility index (Phi) is 6.93. The second-order valence-electron chi connectivity index (χ2n) is 6.19. The van der Waals surface area contributed by atoms with Gasteiger partial charge in [-0.1, -0.05) is 11.6 Å². The van der Waals surface area contributed by atoms with Gasteiger partial charge in [-0.2, -0.15) is 0 Å². The van der Waals surface area contributed by atoms with E-state index in [-0.39, 0.29) is 27.7 Å². The van der Waals surface area contributed by atoms with Gasteiger partial charge in [0, 0.05) is 5.69 Å². The number of furan rings is 1. The first kappa shape index (κ1) is 22.3. The molecule has 1 heterocycles. The van der Waals surface area contributed by atoms with Crippen molar-refractivity contribution in [3.63, 3.8) is 0 Å². The molecule has 0 fully saturated rings. The van der Waals surface area contributed by atoms with E-state index in [4.69, 9.17) is 20.8 Å². The highest BCUT2D eigenvalue weighted by Gasteiger charge is 2.21. The molecule has 2 N–H and O–H groups in total. The standard InChI is InChI=1S/C20H16ClFN2O6S/c21-17-8-3-13(20(26)30-12-19(25)23-11-16-2-1-9-29-16)10-18(17)31(27,28)24-15-6-4-14(22)5-7-15/h1-10,24H,11-12H2,(H,23,25). The van der Waals surface area contributed by atoms with Gasteiger partial charge in [0.15, 0.2) is 6.61 Å². The van der Waals surface area contributed by atoms with Gasteiger partial charge in [-0.05, 0) is 54.6 Å². The van der Waals surface area contributed by atoms with Crippen LogP contribution < -0.4 is 10.0 Å². The number of halogens is 2. The molecule has 3 rings (SSSR count). The fourth-order valence-electron chi connectivity index (χ4n) is 2.43. The smallest absolute Gasteiger partial charge is 0.338 e. The fraction of sp³-hybridized carbons (Fsp3) is 0.100. The van der Waals surface area contributed by atoms with Crippen LogP contribution in [0.15, 0.2) is 70.2 Å². The normalized spacial score (nSPS) is 11.0. The van der Waals surface area contributed by atoms with Crippen molar-refractivity contribution in [2.45, 2.75) is 11.4 Å². The topological polar surface area (TPSA) is 115 Å². The minimum Gasteiger partial charge on any atom is -0.467 e. The largest absolute Gasteiger partial charge is 0.467 e. The predicted molar refractivity (Wildman–Crippen MR) is 109 cm³/mol. The number of nitrogens with one attached hydrogen (secondary N) is 2. The van der Waals surface area contributed by atoms with Gasteiger partial charge in [-0.25, -0.2) is 17.6 Å². The Morgan fingerprint density at radius 1 is 1.10 bits per heavy atom. The Labute approximate surface area is 182 Å². The Balaban J connectivity index is 1.65. The van der Waals surface area contributed by atoms with Gasteiger partial charge in [0.05, 0.1) is 23.4 Å². The number of benzene rings is 2. The molecule has 0 radical (unpaired) electrons. The second-order valence-corrected chi connectivity index (χ2v) is 8.25. The maximum atomic E-state index is 13.0. The Bertz CT molecular complexity index is 1180. The van der Waals surface area contributed by atoms with E-state index in [2.05, 4.69) is 10.0 Å². The SMILES string of the molecule is O=C(COC(=O)c1ccc(Cl)c(S(=O)(=O)Nc2ccc(F)cc2)c1)NCc1ccco1. The quantitative estimate of drug-likeness (QED) is 0.492. The molecule has 0 spiro atoms. The van der Waals surface area contributed by atoms with Gasteiger partial charge in [0.25, 0.3) is 15.9 Å². The van der Waals surface area contributed by atoms with Gasteiger partial charge < -0.3 is 14.5 Å². The number of hydrogen-bond donors (Lipinski definition) is 2. The predicted octanol–water partition coefficient (Wildman–Crippen LogP) is 3.35. The second kappa shape index (κ2) is 9.63. The molecular weight excluding hydrogens is 451 g/mol. The van der Waals surface area contributed by atoms with Crippen LogP contribution in [0.1, 0.15) is 16.1 Å². The summed E-state index contributed by atoms with van der Waals surface area (Å²) in [4.78, 5) is 23.7. The van der Waals surface area contributed by atoms with Crippen LogP contribution in [0.3, 0.4) is 0 Å². The first-order valence-electron chi connectivity index (χ1n) is 8.79. The molecule has 0 atom stereocenters. The first-order valence-corrected chi connectivity index (χ1v) is 10.6. The van der Waals surface area contributed by atoms with Crippen LogP contribution in [0.25, 0.3) is 0 Å². The summed E-state index contributed by atoms with van der Waals surface area (Å²) in [5, 5.41) is 2.37. The number of ether oxygens (including phenoxy) is 1. The van der Waals surface area contributed by atoms with Crippen molar-refractivity contribution in [2.75, 3.05) is 11.3 Å².